The van der Waals surface area contributed by atoms with Crippen molar-refractivity contribution < 1.29 is 9.47 Å². The van der Waals surface area contributed by atoms with Crippen LogP contribution in [-0.4, -0.2) is 64.1 Å². The molecular weight excluding hydrogens is 204 g/mol. The van der Waals surface area contributed by atoms with Crippen molar-refractivity contribution in [3.63, 3.8) is 0 Å². The molecule has 4 heteroatoms. The van der Waals surface area contributed by atoms with Gasteiger partial charge in [0.05, 0.1) is 19.8 Å². The molecule has 0 saturated heterocycles. The Labute approximate surface area is 99.3 Å². The van der Waals surface area contributed by atoms with E-state index < -0.39 is 0 Å². The van der Waals surface area contributed by atoms with Crippen molar-refractivity contribution in [2.45, 2.75) is 31.8 Å². The van der Waals surface area contributed by atoms with Gasteiger partial charge in [0.25, 0.3) is 0 Å². The molecule has 1 N–H and O–H groups in total. The van der Waals surface area contributed by atoms with Crippen molar-refractivity contribution in [3.05, 3.63) is 0 Å². The van der Waals surface area contributed by atoms with E-state index in [1.165, 1.54) is 12.8 Å². The zero-order chi connectivity index (χ0) is 11.8. The summed E-state index contributed by atoms with van der Waals surface area (Å²) in [6.45, 7) is 6.38. The third-order valence-electron chi connectivity index (χ3n) is 3.11. The molecule has 0 spiro atoms. The van der Waals surface area contributed by atoms with E-state index in [0.717, 1.165) is 25.7 Å². The molecule has 4 nitrogen and oxygen atoms in total. The van der Waals surface area contributed by atoms with Crippen LogP contribution in [0.2, 0.25) is 0 Å². The van der Waals surface area contributed by atoms with Gasteiger partial charge in [-0.1, -0.05) is 0 Å². The summed E-state index contributed by atoms with van der Waals surface area (Å²) in [5.41, 5.74) is 0. The summed E-state index contributed by atoms with van der Waals surface area (Å²) >= 11 is 0. The van der Waals surface area contributed by atoms with Crippen LogP contribution in [0.5, 0.6) is 0 Å². The van der Waals surface area contributed by atoms with Gasteiger partial charge in [0.1, 0.15) is 0 Å². The Bertz CT molecular complexity index is 174. The number of rotatable bonds is 10. The van der Waals surface area contributed by atoms with Crippen LogP contribution in [0.1, 0.15) is 19.8 Å². The highest BCUT2D eigenvalue weighted by Crippen LogP contribution is 2.26. The average Bonchev–Trinajstić information content (AvgIpc) is 3.10. The smallest absolute Gasteiger partial charge is 0.0700 e. The maximum Gasteiger partial charge on any atom is 0.0700 e. The highest BCUT2D eigenvalue weighted by Gasteiger charge is 2.28. The van der Waals surface area contributed by atoms with E-state index in [1.54, 1.807) is 7.11 Å². The molecule has 96 valence electrons. The predicted molar refractivity (Wildman–Crippen MR) is 65.8 cm³/mol. The third-order valence-corrected chi connectivity index (χ3v) is 3.11. The third kappa shape index (κ3) is 5.80. The minimum Gasteiger partial charge on any atom is -0.382 e. The topological polar surface area (TPSA) is 33.7 Å². The van der Waals surface area contributed by atoms with Gasteiger partial charge in [-0.05, 0) is 26.8 Å². The van der Waals surface area contributed by atoms with E-state index in [4.69, 9.17) is 9.47 Å². The highest BCUT2D eigenvalue weighted by molar-refractivity contribution is 4.85. The highest BCUT2D eigenvalue weighted by atomic mass is 16.5. The lowest BCUT2D eigenvalue weighted by Crippen LogP contribution is -2.40. The molecule has 0 amide bonds. The zero-order valence-electron chi connectivity index (χ0n) is 10.9. The summed E-state index contributed by atoms with van der Waals surface area (Å²) in [6.07, 6.45) is 2.75. The van der Waals surface area contributed by atoms with Crippen LogP contribution in [-0.2, 0) is 9.47 Å². The summed E-state index contributed by atoms with van der Waals surface area (Å²) < 4.78 is 10.3. The molecule has 16 heavy (non-hydrogen) atoms. The molecule has 1 saturated carbocycles. The second-order valence-corrected chi connectivity index (χ2v) is 4.55. The molecule has 1 rings (SSSR count). The number of hydrogen-bond donors (Lipinski definition) is 1. The maximum atomic E-state index is 5.38. The predicted octanol–water partition coefficient (Wildman–Crippen LogP) is 0.722. The summed E-state index contributed by atoms with van der Waals surface area (Å²) in [5, 5.41) is 3.42. The molecule has 1 atom stereocenters. The van der Waals surface area contributed by atoms with Crippen molar-refractivity contribution in [2.75, 3.05) is 47.1 Å². The number of ether oxygens (including phenoxy) is 2. The maximum absolute atomic E-state index is 5.38. The lowest BCUT2D eigenvalue weighted by Gasteiger charge is -2.24. The number of methoxy groups -OCH3 is 1. The van der Waals surface area contributed by atoms with Crippen molar-refractivity contribution >= 4 is 0 Å². The Morgan fingerprint density at radius 2 is 2.06 bits per heavy atom. The Hall–Kier alpha value is -0.160. The van der Waals surface area contributed by atoms with E-state index in [1.807, 2.05) is 0 Å². The summed E-state index contributed by atoms with van der Waals surface area (Å²) in [4.78, 5) is 2.47. The first-order chi connectivity index (χ1) is 7.75. The van der Waals surface area contributed by atoms with E-state index in [0.29, 0.717) is 19.3 Å². The molecule has 1 fully saturated rings. The molecule has 0 heterocycles. The number of hydrogen-bond acceptors (Lipinski definition) is 4. The van der Waals surface area contributed by atoms with E-state index >= 15 is 0 Å². The van der Waals surface area contributed by atoms with Crippen LogP contribution >= 0.6 is 0 Å². The normalized spacial score (nSPS) is 18.0. The molecule has 0 aromatic heterocycles. The lowest BCUT2D eigenvalue weighted by molar-refractivity contribution is 0.0713. The van der Waals surface area contributed by atoms with Crippen LogP contribution in [0, 0.1) is 0 Å². The fourth-order valence-electron chi connectivity index (χ4n) is 1.69. The fourth-order valence-corrected chi connectivity index (χ4v) is 1.69. The largest absolute Gasteiger partial charge is 0.382 e. The average molecular weight is 230 g/mol. The Morgan fingerprint density at radius 3 is 2.69 bits per heavy atom. The molecular formula is C12H26N2O2. The Morgan fingerprint density at radius 1 is 1.31 bits per heavy atom. The van der Waals surface area contributed by atoms with E-state index in [-0.39, 0.29) is 0 Å². The molecule has 1 aliphatic rings. The Balaban J connectivity index is 1.86. The first-order valence-electron chi connectivity index (χ1n) is 6.25. The van der Waals surface area contributed by atoms with Gasteiger partial charge in [0.2, 0.25) is 0 Å². The summed E-state index contributed by atoms with van der Waals surface area (Å²) in [7, 11) is 3.91. The van der Waals surface area contributed by atoms with Gasteiger partial charge in [-0.2, -0.15) is 0 Å². The van der Waals surface area contributed by atoms with Crippen molar-refractivity contribution in [1.82, 2.24) is 10.2 Å². The van der Waals surface area contributed by atoms with Crippen LogP contribution < -0.4 is 5.32 Å². The molecule has 0 aromatic carbocycles. The zero-order valence-corrected chi connectivity index (χ0v) is 10.9. The monoisotopic (exact) mass is 230 g/mol. The minimum absolute atomic E-state index is 0.617. The van der Waals surface area contributed by atoms with E-state index in [2.05, 4.69) is 24.2 Å². The quantitative estimate of drug-likeness (QED) is 0.561. The van der Waals surface area contributed by atoms with Crippen LogP contribution in [0.4, 0.5) is 0 Å². The van der Waals surface area contributed by atoms with Gasteiger partial charge in [-0.3, -0.25) is 4.90 Å². The molecule has 0 aromatic rings. The molecule has 0 radical (unpaired) electrons. The number of likely N-dealkylation sites (N-methyl/N-ethyl adjacent to an activating group) is 1. The van der Waals surface area contributed by atoms with Gasteiger partial charge in [0, 0.05) is 32.3 Å². The number of nitrogens with zero attached hydrogens (tertiary/aromatic N) is 1. The summed E-state index contributed by atoms with van der Waals surface area (Å²) in [5.74, 6) is 0. The number of nitrogens with one attached hydrogen (secondary N) is 1. The van der Waals surface area contributed by atoms with Crippen LogP contribution in [0.25, 0.3) is 0 Å². The first-order valence-corrected chi connectivity index (χ1v) is 6.25. The van der Waals surface area contributed by atoms with Gasteiger partial charge in [-0.15, -0.1) is 0 Å². The molecule has 1 aliphatic carbocycles. The molecule has 0 bridgehead atoms. The lowest BCUT2D eigenvalue weighted by atomic mass is 10.3. The van der Waals surface area contributed by atoms with Crippen molar-refractivity contribution in [1.29, 1.82) is 0 Å². The first kappa shape index (κ1) is 13.9. The van der Waals surface area contributed by atoms with Crippen molar-refractivity contribution in [3.8, 4) is 0 Å². The Kier molecular flexibility index (Phi) is 6.96. The van der Waals surface area contributed by atoms with Gasteiger partial charge < -0.3 is 14.8 Å². The minimum atomic E-state index is 0.617. The van der Waals surface area contributed by atoms with Crippen LogP contribution in [0.15, 0.2) is 0 Å². The van der Waals surface area contributed by atoms with E-state index in [9.17, 15) is 0 Å². The van der Waals surface area contributed by atoms with Crippen molar-refractivity contribution in [2.24, 2.45) is 0 Å². The van der Waals surface area contributed by atoms with Gasteiger partial charge in [0.15, 0.2) is 0 Å². The fraction of sp³-hybridized carbons (Fsp3) is 1.00. The second-order valence-electron chi connectivity index (χ2n) is 4.55. The SMILES string of the molecule is COCCOCCNCC(C)N(C)C1CC1. The molecule has 1 unspecified atom stereocenters. The summed E-state index contributed by atoms with van der Waals surface area (Å²) in [6, 6.07) is 1.46. The van der Waals surface area contributed by atoms with Crippen LogP contribution in [0.3, 0.4) is 0 Å². The van der Waals surface area contributed by atoms with Gasteiger partial charge in [-0.25, -0.2) is 0 Å². The molecule has 0 aliphatic heterocycles. The van der Waals surface area contributed by atoms with Gasteiger partial charge >= 0.3 is 0 Å². The standard InChI is InChI=1S/C12H26N2O2/c1-11(14(2)12-4-5-12)10-13-6-7-16-9-8-15-3/h11-13H,4-10H2,1-3H3. The second kappa shape index (κ2) is 8.01.